The molecule has 0 aromatic heterocycles. The Balaban J connectivity index is 1.97. The number of likely N-dealkylation sites (tertiary alicyclic amines) is 1. The van der Waals surface area contributed by atoms with Gasteiger partial charge < -0.3 is 5.73 Å². The third kappa shape index (κ3) is 2.02. The first kappa shape index (κ1) is 10.9. The largest absolute Gasteiger partial charge is 0.330 e. The smallest absolute Gasteiger partial charge is 0.109 e. The zero-order valence-corrected chi connectivity index (χ0v) is 9.41. The summed E-state index contributed by atoms with van der Waals surface area (Å²) in [7, 11) is 0. The van der Waals surface area contributed by atoms with Crippen LogP contribution in [-0.4, -0.2) is 30.1 Å². The number of hydrogen-bond acceptors (Lipinski definition) is 3. The number of piperidine rings is 1. The predicted molar refractivity (Wildman–Crippen MR) is 60.2 cm³/mol. The molecule has 0 aromatic rings. The van der Waals surface area contributed by atoms with Crippen molar-refractivity contribution < 1.29 is 0 Å². The van der Waals surface area contributed by atoms with Crippen LogP contribution < -0.4 is 5.73 Å². The van der Waals surface area contributed by atoms with Crippen LogP contribution in [0.4, 0.5) is 0 Å². The standard InChI is InChI=1S/C12H21N3/c13-9-11-3-7-15(8-4-11)12(10-14)5-1-2-6-12/h11H,1-9,13H2. The van der Waals surface area contributed by atoms with Crippen molar-refractivity contribution in [3.8, 4) is 6.07 Å². The van der Waals surface area contributed by atoms with Gasteiger partial charge in [-0.15, -0.1) is 0 Å². The summed E-state index contributed by atoms with van der Waals surface area (Å²) in [4.78, 5) is 2.42. The Morgan fingerprint density at radius 3 is 2.33 bits per heavy atom. The fourth-order valence-corrected chi connectivity index (χ4v) is 3.06. The molecule has 2 rings (SSSR count). The van der Waals surface area contributed by atoms with Gasteiger partial charge in [0.1, 0.15) is 5.54 Å². The van der Waals surface area contributed by atoms with Crippen LogP contribution >= 0.6 is 0 Å². The maximum Gasteiger partial charge on any atom is 0.109 e. The molecule has 1 saturated carbocycles. The first-order valence-electron chi connectivity index (χ1n) is 6.17. The lowest BCUT2D eigenvalue weighted by atomic mass is 9.90. The van der Waals surface area contributed by atoms with Gasteiger partial charge in [-0.2, -0.15) is 5.26 Å². The zero-order chi connectivity index (χ0) is 10.7. The molecule has 0 atom stereocenters. The predicted octanol–water partition coefficient (Wildman–Crippen LogP) is 1.49. The third-order valence-electron chi connectivity index (χ3n) is 4.19. The minimum atomic E-state index is -0.112. The molecule has 0 spiro atoms. The average Bonchev–Trinajstić information content (AvgIpc) is 2.79. The molecule has 1 saturated heterocycles. The molecule has 0 radical (unpaired) electrons. The molecule has 0 unspecified atom stereocenters. The van der Waals surface area contributed by atoms with E-state index in [9.17, 15) is 5.26 Å². The lowest BCUT2D eigenvalue weighted by Crippen LogP contribution is -2.50. The van der Waals surface area contributed by atoms with Crippen LogP contribution in [0.2, 0.25) is 0 Å². The molecular formula is C12H21N3. The maximum absolute atomic E-state index is 9.38. The highest BCUT2D eigenvalue weighted by Crippen LogP contribution is 2.36. The van der Waals surface area contributed by atoms with Crippen LogP contribution in [-0.2, 0) is 0 Å². The molecule has 1 heterocycles. The van der Waals surface area contributed by atoms with Gasteiger partial charge >= 0.3 is 0 Å². The van der Waals surface area contributed by atoms with E-state index in [1.54, 1.807) is 0 Å². The van der Waals surface area contributed by atoms with Gasteiger partial charge in [-0.3, -0.25) is 4.90 Å². The molecule has 0 amide bonds. The second-order valence-electron chi connectivity index (χ2n) is 5.02. The van der Waals surface area contributed by atoms with E-state index in [2.05, 4.69) is 11.0 Å². The van der Waals surface area contributed by atoms with Crippen LogP contribution in [0, 0.1) is 17.2 Å². The first-order valence-corrected chi connectivity index (χ1v) is 6.17. The lowest BCUT2D eigenvalue weighted by Gasteiger charge is -2.40. The topological polar surface area (TPSA) is 53.0 Å². The second-order valence-corrected chi connectivity index (χ2v) is 5.02. The van der Waals surface area contributed by atoms with Gasteiger partial charge in [-0.1, -0.05) is 12.8 Å². The van der Waals surface area contributed by atoms with Gasteiger partial charge in [0, 0.05) is 0 Å². The minimum Gasteiger partial charge on any atom is -0.330 e. The molecule has 1 aliphatic carbocycles. The van der Waals surface area contributed by atoms with Gasteiger partial charge in [-0.25, -0.2) is 0 Å². The van der Waals surface area contributed by atoms with E-state index >= 15 is 0 Å². The minimum absolute atomic E-state index is 0.112. The van der Waals surface area contributed by atoms with Gasteiger partial charge in [0.25, 0.3) is 0 Å². The van der Waals surface area contributed by atoms with Crippen molar-refractivity contribution >= 4 is 0 Å². The van der Waals surface area contributed by atoms with Crippen molar-refractivity contribution in [2.75, 3.05) is 19.6 Å². The van der Waals surface area contributed by atoms with Crippen LogP contribution in [0.25, 0.3) is 0 Å². The summed E-state index contributed by atoms with van der Waals surface area (Å²) in [5.74, 6) is 0.693. The summed E-state index contributed by atoms with van der Waals surface area (Å²) in [5, 5.41) is 9.38. The Hall–Kier alpha value is -0.590. The van der Waals surface area contributed by atoms with E-state index in [-0.39, 0.29) is 5.54 Å². The Labute approximate surface area is 92.2 Å². The number of nitrogens with two attached hydrogens (primary N) is 1. The Bertz CT molecular complexity index is 242. The summed E-state index contributed by atoms with van der Waals surface area (Å²) < 4.78 is 0. The summed E-state index contributed by atoms with van der Waals surface area (Å²) in [6.07, 6.45) is 6.97. The highest BCUT2D eigenvalue weighted by atomic mass is 15.2. The molecule has 3 heteroatoms. The normalized spacial score (nSPS) is 27.7. The molecule has 2 fully saturated rings. The van der Waals surface area contributed by atoms with E-state index in [0.717, 1.165) is 32.5 Å². The highest BCUT2D eigenvalue weighted by Gasteiger charge is 2.40. The highest BCUT2D eigenvalue weighted by molar-refractivity contribution is 5.11. The monoisotopic (exact) mass is 207 g/mol. The molecule has 2 N–H and O–H groups in total. The molecule has 2 aliphatic rings. The van der Waals surface area contributed by atoms with E-state index in [4.69, 9.17) is 5.73 Å². The molecule has 84 valence electrons. The van der Waals surface area contributed by atoms with E-state index in [0.29, 0.717) is 5.92 Å². The third-order valence-corrected chi connectivity index (χ3v) is 4.19. The first-order chi connectivity index (χ1) is 7.30. The van der Waals surface area contributed by atoms with Crippen molar-refractivity contribution in [2.24, 2.45) is 11.7 Å². The van der Waals surface area contributed by atoms with Crippen molar-refractivity contribution in [1.82, 2.24) is 4.90 Å². The molecule has 0 aromatic carbocycles. The van der Waals surface area contributed by atoms with Crippen molar-refractivity contribution in [3.05, 3.63) is 0 Å². The summed E-state index contributed by atoms with van der Waals surface area (Å²) in [5.41, 5.74) is 5.57. The molecule has 1 aliphatic heterocycles. The van der Waals surface area contributed by atoms with Crippen LogP contribution in [0.1, 0.15) is 38.5 Å². The van der Waals surface area contributed by atoms with Crippen LogP contribution in [0.5, 0.6) is 0 Å². The van der Waals surface area contributed by atoms with Crippen molar-refractivity contribution in [2.45, 2.75) is 44.1 Å². The van der Waals surface area contributed by atoms with Crippen LogP contribution in [0.3, 0.4) is 0 Å². The SMILES string of the molecule is N#CC1(N2CCC(CN)CC2)CCCC1. The maximum atomic E-state index is 9.38. The quantitative estimate of drug-likeness (QED) is 0.746. The van der Waals surface area contributed by atoms with Crippen molar-refractivity contribution in [1.29, 1.82) is 5.26 Å². The van der Waals surface area contributed by atoms with Crippen molar-refractivity contribution in [3.63, 3.8) is 0 Å². The average molecular weight is 207 g/mol. The van der Waals surface area contributed by atoms with E-state index in [1.807, 2.05) is 0 Å². The van der Waals surface area contributed by atoms with Crippen LogP contribution in [0.15, 0.2) is 0 Å². The molecule has 0 bridgehead atoms. The summed E-state index contributed by atoms with van der Waals surface area (Å²) >= 11 is 0. The molecule has 15 heavy (non-hydrogen) atoms. The fourth-order valence-electron chi connectivity index (χ4n) is 3.06. The Morgan fingerprint density at radius 2 is 1.87 bits per heavy atom. The zero-order valence-electron chi connectivity index (χ0n) is 9.41. The molecule has 3 nitrogen and oxygen atoms in total. The van der Waals surface area contributed by atoms with Gasteiger partial charge in [0.2, 0.25) is 0 Å². The Kier molecular flexibility index (Phi) is 3.28. The van der Waals surface area contributed by atoms with Gasteiger partial charge in [0.15, 0.2) is 0 Å². The molecular weight excluding hydrogens is 186 g/mol. The number of nitrogens with zero attached hydrogens (tertiary/aromatic N) is 2. The lowest BCUT2D eigenvalue weighted by molar-refractivity contribution is 0.0932. The fraction of sp³-hybridized carbons (Fsp3) is 0.917. The van der Waals surface area contributed by atoms with E-state index in [1.165, 1.54) is 25.7 Å². The van der Waals surface area contributed by atoms with Gasteiger partial charge in [0.05, 0.1) is 6.07 Å². The number of hydrogen-bond donors (Lipinski definition) is 1. The number of nitriles is 1. The van der Waals surface area contributed by atoms with E-state index < -0.39 is 0 Å². The summed E-state index contributed by atoms with van der Waals surface area (Å²) in [6, 6.07) is 2.57. The Morgan fingerprint density at radius 1 is 1.27 bits per heavy atom. The number of rotatable bonds is 2. The second kappa shape index (κ2) is 4.51. The van der Waals surface area contributed by atoms with Gasteiger partial charge in [-0.05, 0) is 51.2 Å². The summed E-state index contributed by atoms with van der Waals surface area (Å²) in [6.45, 7) is 2.97.